The van der Waals surface area contributed by atoms with Gasteiger partial charge >= 0.3 is 0 Å². The van der Waals surface area contributed by atoms with E-state index in [1.165, 1.54) is 5.56 Å². The largest absolute Gasteiger partial charge is 0.494 e. The molecule has 3 rings (SSSR count). The van der Waals surface area contributed by atoms with Crippen molar-refractivity contribution in [2.45, 2.75) is 46.1 Å². The van der Waals surface area contributed by atoms with Crippen LogP contribution in [0.15, 0.2) is 54.6 Å². The van der Waals surface area contributed by atoms with E-state index in [1.54, 1.807) is 29.2 Å². The molecular formula is C28H37N3O4. The lowest BCUT2D eigenvalue weighted by Gasteiger charge is -2.37. The first-order valence-electron chi connectivity index (χ1n) is 12.5. The van der Waals surface area contributed by atoms with E-state index >= 15 is 0 Å². The van der Waals surface area contributed by atoms with Gasteiger partial charge < -0.3 is 19.9 Å². The van der Waals surface area contributed by atoms with Crippen LogP contribution < -0.4 is 10.1 Å². The van der Waals surface area contributed by atoms with E-state index in [0.717, 1.165) is 12.8 Å². The van der Waals surface area contributed by atoms with Crippen molar-refractivity contribution in [2.75, 3.05) is 32.8 Å². The van der Waals surface area contributed by atoms with Crippen molar-refractivity contribution in [3.63, 3.8) is 0 Å². The van der Waals surface area contributed by atoms with E-state index < -0.39 is 6.04 Å². The molecule has 1 heterocycles. The summed E-state index contributed by atoms with van der Waals surface area (Å²) in [4.78, 5) is 42.3. The van der Waals surface area contributed by atoms with Crippen LogP contribution in [0, 0.1) is 5.92 Å². The van der Waals surface area contributed by atoms with E-state index in [-0.39, 0.29) is 23.6 Å². The molecule has 0 radical (unpaired) electrons. The molecule has 7 heteroatoms. The predicted octanol–water partition coefficient (Wildman–Crippen LogP) is 3.53. The smallest absolute Gasteiger partial charge is 0.251 e. The number of ether oxygens (including phenoxy) is 1. The third-order valence-corrected chi connectivity index (χ3v) is 6.29. The highest BCUT2D eigenvalue weighted by atomic mass is 16.5. The maximum absolute atomic E-state index is 13.2. The van der Waals surface area contributed by atoms with Crippen LogP contribution >= 0.6 is 0 Å². The van der Waals surface area contributed by atoms with Crippen molar-refractivity contribution in [3.05, 3.63) is 65.7 Å². The summed E-state index contributed by atoms with van der Waals surface area (Å²) < 4.78 is 5.42. The molecular weight excluding hydrogens is 442 g/mol. The summed E-state index contributed by atoms with van der Waals surface area (Å²) in [7, 11) is 0. The molecule has 1 unspecified atom stereocenters. The van der Waals surface area contributed by atoms with Gasteiger partial charge in [0.2, 0.25) is 11.8 Å². The summed E-state index contributed by atoms with van der Waals surface area (Å²) in [6.45, 7) is 8.31. The Kier molecular flexibility index (Phi) is 9.70. The molecule has 2 aromatic carbocycles. The maximum Gasteiger partial charge on any atom is 0.251 e. The monoisotopic (exact) mass is 479 g/mol. The molecule has 3 amide bonds. The molecule has 188 valence electrons. The van der Waals surface area contributed by atoms with Gasteiger partial charge in [-0.05, 0) is 55.5 Å². The predicted molar refractivity (Wildman–Crippen MR) is 136 cm³/mol. The highest BCUT2D eigenvalue weighted by Crippen LogP contribution is 2.15. The number of carbonyl (C=O) groups is 3. The minimum Gasteiger partial charge on any atom is -0.494 e. The number of aryl methyl sites for hydroxylation is 1. The zero-order valence-electron chi connectivity index (χ0n) is 21.0. The first kappa shape index (κ1) is 26.3. The number of hydrogen-bond acceptors (Lipinski definition) is 4. The van der Waals surface area contributed by atoms with Crippen LogP contribution in [0.5, 0.6) is 5.75 Å². The second kappa shape index (κ2) is 12.9. The minimum atomic E-state index is -0.623. The number of nitrogens with zero attached hydrogens (tertiary/aromatic N) is 2. The zero-order chi connectivity index (χ0) is 25.2. The Balaban J connectivity index is 1.48. The first-order valence-corrected chi connectivity index (χ1v) is 12.5. The average Bonchev–Trinajstić information content (AvgIpc) is 2.88. The molecule has 1 aliphatic rings. The third-order valence-electron chi connectivity index (χ3n) is 6.29. The number of piperazine rings is 1. The van der Waals surface area contributed by atoms with Crippen LogP contribution in [0.2, 0.25) is 0 Å². The third kappa shape index (κ3) is 7.57. The van der Waals surface area contributed by atoms with Gasteiger partial charge in [-0.3, -0.25) is 14.4 Å². The van der Waals surface area contributed by atoms with E-state index in [2.05, 4.69) is 17.4 Å². The topological polar surface area (TPSA) is 79.0 Å². The van der Waals surface area contributed by atoms with Gasteiger partial charge in [0.05, 0.1) is 6.61 Å². The fraction of sp³-hybridized carbons (Fsp3) is 0.464. The Morgan fingerprint density at radius 1 is 0.914 bits per heavy atom. The molecule has 1 atom stereocenters. The van der Waals surface area contributed by atoms with Crippen LogP contribution in [0.25, 0.3) is 0 Å². The Labute approximate surface area is 208 Å². The van der Waals surface area contributed by atoms with E-state index in [4.69, 9.17) is 4.74 Å². The van der Waals surface area contributed by atoms with E-state index in [1.807, 2.05) is 43.9 Å². The summed E-state index contributed by atoms with van der Waals surface area (Å²) in [6.07, 6.45) is 2.21. The summed E-state index contributed by atoms with van der Waals surface area (Å²) in [6, 6.07) is 16.4. The molecule has 2 aromatic rings. The number of nitrogens with one attached hydrogen (secondary N) is 1. The van der Waals surface area contributed by atoms with Gasteiger partial charge in [0.15, 0.2) is 0 Å². The molecule has 0 saturated carbocycles. The number of amides is 3. The summed E-state index contributed by atoms with van der Waals surface area (Å²) in [5, 5.41) is 2.91. The Bertz CT molecular complexity index is 967. The molecule has 0 aromatic heterocycles. The van der Waals surface area contributed by atoms with Crippen molar-refractivity contribution in [1.29, 1.82) is 0 Å². The highest BCUT2D eigenvalue weighted by molar-refractivity contribution is 5.97. The van der Waals surface area contributed by atoms with E-state index in [9.17, 15) is 14.4 Å². The van der Waals surface area contributed by atoms with Gasteiger partial charge in [-0.15, -0.1) is 0 Å². The van der Waals surface area contributed by atoms with Gasteiger partial charge in [0.1, 0.15) is 11.8 Å². The Morgan fingerprint density at radius 3 is 2.14 bits per heavy atom. The van der Waals surface area contributed by atoms with E-state index in [0.29, 0.717) is 50.5 Å². The Morgan fingerprint density at radius 2 is 1.54 bits per heavy atom. The standard InChI is InChI=1S/C28H37N3O4/c1-4-35-24-15-13-23(14-16-24)27(33)29-26(21(2)3)28(34)31-19-17-30(18-20-31)25(32)12-8-11-22-9-6-5-7-10-22/h5-7,9-10,13-16,21,26H,4,8,11-12,17-20H2,1-3H3,(H,29,33). The quantitative estimate of drug-likeness (QED) is 0.565. The van der Waals surface area contributed by atoms with Crippen molar-refractivity contribution < 1.29 is 19.1 Å². The van der Waals surface area contributed by atoms with Gasteiger partial charge in [0.25, 0.3) is 5.91 Å². The molecule has 35 heavy (non-hydrogen) atoms. The number of benzene rings is 2. The van der Waals surface area contributed by atoms with Gasteiger partial charge in [-0.2, -0.15) is 0 Å². The fourth-order valence-electron chi connectivity index (χ4n) is 4.23. The maximum atomic E-state index is 13.2. The second-order valence-electron chi connectivity index (χ2n) is 9.20. The minimum absolute atomic E-state index is 0.0632. The van der Waals surface area contributed by atoms with Crippen molar-refractivity contribution in [2.24, 2.45) is 5.92 Å². The van der Waals surface area contributed by atoms with Crippen molar-refractivity contribution >= 4 is 17.7 Å². The normalized spacial score (nSPS) is 14.5. The lowest BCUT2D eigenvalue weighted by atomic mass is 10.0. The van der Waals surface area contributed by atoms with Crippen molar-refractivity contribution in [3.8, 4) is 5.75 Å². The zero-order valence-corrected chi connectivity index (χ0v) is 21.0. The van der Waals surface area contributed by atoms with Gasteiger partial charge in [0, 0.05) is 38.2 Å². The molecule has 0 spiro atoms. The number of rotatable bonds is 10. The first-order chi connectivity index (χ1) is 16.9. The number of carbonyl (C=O) groups excluding carboxylic acids is 3. The van der Waals surface area contributed by atoms with Crippen LogP contribution in [0.3, 0.4) is 0 Å². The summed E-state index contributed by atoms with van der Waals surface area (Å²) in [5.41, 5.74) is 1.72. The lowest BCUT2D eigenvalue weighted by molar-refractivity contribution is -0.141. The van der Waals surface area contributed by atoms with Gasteiger partial charge in [-0.25, -0.2) is 0 Å². The fourth-order valence-corrected chi connectivity index (χ4v) is 4.23. The highest BCUT2D eigenvalue weighted by Gasteiger charge is 2.31. The Hall–Kier alpha value is -3.35. The molecule has 1 saturated heterocycles. The molecule has 7 nitrogen and oxygen atoms in total. The van der Waals surface area contributed by atoms with Crippen LogP contribution in [0.1, 0.15) is 49.5 Å². The number of hydrogen-bond donors (Lipinski definition) is 1. The molecule has 0 aliphatic carbocycles. The summed E-state index contributed by atoms with van der Waals surface area (Å²) >= 11 is 0. The van der Waals surface area contributed by atoms with Gasteiger partial charge in [-0.1, -0.05) is 44.2 Å². The lowest BCUT2D eigenvalue weighted by Crippen LogP contribution is -2.57. The van der Waals surface area contributed by atoms with Crippen molar-refractivity contribution in [1.82, 2.24) is 15.1 Å². The second-order valence-corrected chi connectivity index (χ2v) is 9.20. The van der Waals surface area contributed by atoms with Crippen LogP contribution in [0.4, 0.5) is 0 Å². The molecule has 1 N–H and O–H groups in total. The molecule has 1 fully saturated rings. The molecule has 1 aliphatic heterocycles. The SMILES string of the molecule is CCOc1ccc(C(=O)NC(C(=O)N2CCN(C(=O)CCCc3ccccc3)CC2)C(C)C)cc1. The summed E-state index contributed by atoms with van der Waals surface area (Å²) in [5.74, 6) is 0.389. The average molecular weight is 480 g/mol. The van der Waals surface area contributed by atoms with Crippen LogP contribution in [-0.4, -0.2) is 66.3 Å². The molecule has 0 bridgehead atoms. The van der Waals surface area contributed by atoms with Crippen LogP contribution in [-0.2, 0) is 16.0 Å².